The average Bonchev–Trinajstić information content (AvgIpc) is 3.22. The summed E-state index contributed by atoms with van der Waals surface area (Å²) in [5.41, 5.74) is 1.13. The first-order chi connectivity index (χ1) is 12.5. The molecule has 9 heteroatoms. The predicted octanol–water partition coefficient (Wildman–Crippen LogP) is 2.50. The molecule has 26 heavy (non-hydrogen) atoms. The Kier molecular flexibility index (Phi) is 5.53. The zero-order valence-electron chi connectivity index (χ0n) is 13.9. The van der Waals surface area contributed by atoms with Gasteiger partial charge in [-0.1, -0.05) is 23.7 Å². The van der Waals surface area contributed by atoms with Crippen molar-refractivity contribution in [3.63, 3.8) is 0 Å². The summed E-state index contributed by atoms with van der Waals surface area (Å²) in [6, 6.07) is 7.03. The van der Waals surface area contributed by atoms with Gasteiger partial charge in [-0.05, 0) is 12.1 Å². The van der Waals surface area contributed by atoms with Gasteiger partial charge in [0, 0.05) is 18.3 Å². The molecule has 0 saturated carbocycles. The van der Waals surface area contributed by atoms with Gasteiger partial charge in [-0.3, -0.25) is 14.4 Å². The number of amides is 2. The predicted molar refractivity (Wildman–Crippen MR) is 98.4 cm³/mol. The first-order valence-electron chi connectivity index (χ1n) is 7.85. The first-order valence-corrected chi connectivity index (χ1v) is 9.10. The number of anilines is 2. The van der Waals surface area contributed by atoms with Crippen molar-refractivity contribution in [2.75, 3.05) is 23.9 Å². The summed E-state index contributed by atoms with van der Waals surface area (Å²) < 4.78 is 4.59. The summed E-state index contributed by atoms with van der Waals surface area (Å²) in [7, 11) is 1.30. The van der Waals surface area contributed by atoms with E-state index in [0.717, 1.165) is 0 Å². The Balaban J connectivity index is 1.63. The van der Waals surface area contributed by atoms with Gasteiger partial charge in [0.05, 0.1) is 35.9 Å². The summed E-state index contributed by atoms with van der Waals surface area (Å²) in [6.45, 7) is 0.259. The van der Waals surface area contributed by atoms with Crippen LogP contribution in [0.3, 0.4) is 0 Å². The lowest BCUT2D eigenvalue weighted by Gasteiger charge is -2.17. The third kappa shape index (κ3) is 4.03. The van der Waals surface area contributed by atoms with Crippen LogP contribution in [0.5, 0.6) is 0 Å². The van der Waals surface area contributed by atoms with Crippen molar-refractivity contribution >= 4 is 51.5 Å². The van der Waals surface area contributed by atoms with E-state index >= 15 is 0 Å². The second-order valence-electron chi connectivity index (χ2n) is 5.74. The lowest BCUT2D eigenvalue weighted by Crippen LogP contribution is -2.28. The zero-order valence-corrected chi connectivity index (χ0v) is 15.5. The van der Waals surface area contributed by atoms with Crippen LogP contribution in [0, 0.1) is 5.92 Å². The van der Waals surface area contributed by atoms with E-state index in [-0.39, 0.29) is 31.2 Å². The van der Waals surface area contributed by atoms with Gasteiger partial charge in [-0.15, -0.1) is 11.3 Å². The topological polar surface area (TPSA) is 88.6 Å². The first kappa shape index (κ1) is 18.3. The SMILES string of the molecule is COC(=O)Cc1csc(NC(=O)C2CC(=O)N(c3ccccc3Cl)C2)n1. The Bertz CT molecular complexity index is 854. The van der Waals surface area contributed by atoms with Crippen LogP contribution in [0.4, 0.5) is 10.8 Å². The fourth-order valence-electron chi connectivity index (χ4n) is 2.66. The molecule has 1 aliphatic heterocycles. The molecule has 1 unspecified atom stereocenters. The number of carbonyl (C=O) groups excluding carboxylic acids is 3. The highest BCUT2D eigenvalue weighted by molar-refractivity contribution is 7.13. The molecule has 1 atom stereocenters. The van der Waals surface area contributed by atoms with E-state index in [1.54, 1.807) is 29.6 Å². The van der Waals surface area contributed by atoms with Crippen molar-refractivity contribution in [3.8, 4) is 0 Å². The standard InChI is InChI=1S/C17H16ClN3O4S/c1-25-15(23)7-11-9-26-17(19-11)20-16(24)10-6-14(22)21(8-10)13-5-3-2-4-12(13)18/h2-5,9-10H,6-8H2,1H3,(H,19,20,24). The molecule has 2 heterocycles. The lowest BCUT2D eigenvalue weighted by atomic mass is 10.1. The van der Waals surface area contributed by atoms with Crippen LogP contribution >= 0.6 is 22.9 Å². The number of carbonyl (C=O) groups is 3. The fraction of sp³-hybridized carbons (Fsp3) is 0.294. The molecule has 2 amide bonds. The average molecular weight is 394 g/mol. The Morgan fingerprint density at radius 1 is 1.42 bits per heavy atom. The normalized spacial score (nSPS) is 16.6. The number of halogens is 1. The highest BCUT2D eigenvalue weighted by Crippen LogP contribution is 2.31. The number of methoxy groups -OCH3 is 1. The van der Waals surface area contributed by atoms with Crippen molar-refractivity contribution in [3.05, 3.63) is 40.4 Å². The molecule has 0 bridgehead atoms. The van der Waals surface area contributed by atoms with E-state index in [1.807, 2.05) is 0 Å². The summed E-state index contributed by atoms with van der Waals surface area (Å²) in [5, 5.41) is 5.24. The van der Waals surface area contributed by atoms with Crippen LogP contribution < -0.4 is 10.2 Å². The Labute approximate surface area is 158 Å². The van der Waals surface area contributed by atoms with Crippen molar-refractivity contribution < 1.29 is 19.1 Å². The number of ether oxygens (including phenoxy) is 1. The smallest absolute Gasteiger partial charge is 0.311 e. The largest absolute Gasteiger partial charge is 0.469 e. The number of nitrogens with zero attached hydrogens (tertiary/aromatic N) is 2. The van der Waals surface area contributed by atoms with Crippen LogP contribution in [-0.2, 0) is 25.5 Å². The molecule has 7 nitrogen and oxygen atoms in total. The molecule has 1 aromatic heterocycles. The van der Waals surface area contributed by atoms with Crippen LogP contribution in [-0.4, -0.2) is 36.4 Å². The molecule has 136 valence electrons. The molecule has 1 saturated heterocycles. The van der Waals surface area contributed by atoms with Crippen LogP contribution in [0.1, 0.15) is 12.1 Å². The summed E-state index contributed by atoms with van der Waals surface area (Å²) in [6.07, 6.45) is 0.155. The molecule has 1 N–H and O–H groups in total. The summed E-state index contributed by atoms with van der Waals surface area (Å²) in [4.78, 5) is 41.7. The zero-order chi connectivity index (χ0) is 18.7. The number of thiazole rings is 1. The van der Waals surface area contributed by atoms with Crippen molar-refractivity contribution in [1.82, 2.24) is 4.98 Å². The van der Waals surface area contributed by atoms with E-state index < -0.39 is 11.9 Å². The third-order valence-corrected chi connectivity index (χ3v) is 5.10. The molecule has 3 rings (SSSR count). The molecule has 0 aliphatic carbocycles. The minimum absolute atomic E-state index is 0.0467. The second-order valence-corrected chi connectivity index (χ2v) is 7.01. The summed E-state index contributed by atoms with van der Waals surface area (Å²) in [5.74, 6) is -1.33. The van der Waals surface area contributed by atoms with E-state index in [1.165, 1.54) is 23.3 Å². The number of hydrogen-bond acceptors (Lipinski definition) is 6. The van der Waals surface area contributed by atoms with Gasteiger partial charge in [0.1, 0.15) is 0 Å². The highest BCUT2D eigenvalue weighted by atomic mass is 35.5. The number of para-hydroxylation sites is 1. The number of hydrogen-bond donors (Lipinski definition) is 1. The number of rotatable bonds is 5. The van der Waals surface area contributed by atoms with E-state index in [0.29, 0.717) is 21.5 Å². The van der Waals surface area contributed by atoms with E-state index in [4.69, 9.17) is 11.6 Å². The molecule has 1 aromatic carbocycles. The van der Waals surface area contributed by atoms with Gasteiger partial charge in [0.15, 0.2) is 5.13 Å². The monoisotopic (exact) mass is 393 g/mol. The van der Waals surface area contributed by atoms with Gasteiger partial charge >= 0.3 is 5.97 Å². The van der Waals surface area contributed by atoms with Gasteiger partial charge in [0.25, 0.3) is 0 Å². The Hall–Kier alpha value is -2.45. The van der Waals surface area contributed by atoms with E-state index in [2.05, 4.69) is 15.0 Å². The Morgan fingerprint density at radius 3 is 2.92 bits per heavy atom. The number of benzene rings is 1. The number of esters is 1. The lowest BCUT2D eigenvalue weighted by molar-refractivity contribution is -0.139. The van der Waals surface area contributed by atoms with Gasteiger partial charge in [-0.25, -0.2) is 4.98 Å². The fourth-order valence-corrected chi connectivity index (χ4v) is 3.61. The van der Waals surface area contributed by atoms with Crippen LogP contribution in [0.25, 0.3) is 0 Å². The maximum atomic E-state index is 12.5. The van der Waals surface area contributed by atoms with Crippen LogP contribution in [0.15, 0.2) is 29.6 Å². The minimum atomic E-state index is -0.494. The van der Waals surface area contributed by atoms with Gasteiger partial charge < -0.3 is 15.0 Å². The highest BCUT2D eigenvalue weighted by Gasteiger charge is 2.36. The maximum Gasteiger partial charge on any atom is 0.311 e. The van der Waals surface area contributed by atoms with Gasteiger partial charge in [0.2, 0.25) is 11.8 Å². The van der Waals surface area contributed by atoms with Crippen molar-refractivity contribution in [2.24, 2.45) is 5.92 Å². The van der Waals surface area contributed by atoms with Crippen LogP contribution in [0.2, 0.25) is 5.02 Å². The Morgan fingerprint density at radius 2 is 2.19 bits per heavy atom. The molecule has 0 spiro atoms. The number of aromatic nitrogens is 1. The third-order valence-electron chi connectivity index (χ3n) is 3.97. The quantitative estimate of drug-likeness (QED) is 0.788. The minimum Gasteiger partial charge on any atom is -0.469 e. The summed E-state index contributed by atoms with van der Waals surface area (Å²) >= 11 is 7.36. The molecule has 0 radical (unpaired) electrons. The molecule has 1 aliphatic rings. The number of nitrogens with one attached hydrogen (secondary N) is 1. The van der Waals surface area contributed by atoms with Crippen molar-refractivity contribution in [1.29, 1.82) is 0 Å². The van der Waals surface area contributed by atoms with Crippen molar-refractivity contribution in [2.45, 2.75) is 12.8 Å². The molecule has 1 fully saturated rings. The molecular formula is C17H16ClN3O4S. The van der Waals surface area contributed by atoms with E-state index in [9.17, 15) is 14.4 Å². The molecule has 2 aromatic rings. The molecular weight excluding hydrogens is 378 g/mol. The van der Waals surface area contributed by atoms with Gasteiger partial charge in [-0.2, -0.15) is 0 Å². The second kappa shape index (κ2) is 7.84. The maximum absolute atomic E-state index is 12.5.